The molecule has 0 heterocycles. The second kappa shape index (κ2) is 13.3. The van der Waals surface area contributed by atoms with E-state index in [-0.39, 0.29) is 19.6 Å². The minimum Gasteiger partial charge on any atom is -0.460 e. The Bertz CT molecular complexity index is 729. The number of unbranched alkanes of at least 4 members (excludes halogenated alkanes) is 1. The topological polar surface area (TPSA) is 120 Å². The van der Waals surface area contributed by atoms with Crippen molar-refractivity contribution >= 4 is 23.9 Å². The van der Waals surface area contributed by atoms with Gasteiger partial charge in [0.1, 0.15) is 18.2 Å². The predicted molar refractivity (Wildman–Crippen MR) is 113 cm³/mol. The summed E-state index contributed by atoms with van der Waals surface area (Å²) >= 11 is 0. The van der Waals surface area contributed by atoms with Crippen molar-refractivity contribution in [3.63, 3.8) is 0 Å². The number of Topliss-reactive ketones (excluding diaryl/α,β-unsaturated/α-hetero) is 1. The zero-order chi connectivity index (χ0) is 23.3. The number of ketones is 1. The van der Waals surface area contributed by atoms with Gasteiger partial charge in [0.15, 0.2) is 0 Å². The maximum Gasteiger partial charge on any atom is 0.408 e. The smallest absolute Gasteiger partial charge is 0.408 e. The highest BCUT2D eigenvalue weighted by Gasteiger charge is 2.29. The molecule has 0 radical (unpaired) electrons. The Morgan fingerprint density at radius 1 is 0.968 bits per heavy atom. The van der Waals surface area contributed by atoms with Crippen LogP contribution in [0.5, 0.6) is 0 Å². The van der Waals surface area contributed by atoms with Crippen molar-refractivity contribution < 1.29 is 33.4 Å². The SMILES string of the molecule is CCOC(=O)C(=O)C(CCCCNC(=O)OCc1ccccc1)NC(=O)OC(C)(C)C. The first-order valence-electron chi connectivity index (χ1n) is 10.3. The van der Waals surface area contributed by atoms with E-state index in [1.165, 1.54) is 0 Å². The molecule has 2 N–H and O–H groups in total. The first-order valence-corrected chi connectivity index (χ1v) is 10.3. The van der Waals surface area contributed by atoms with Crippen LogP contribution in [0.25, 0.3) is 0 Å². The fourth-order valence-corrected chi connectivity index (χ4v) is 2.50. The summed E-state index contributed by atoms with van der Waals surface area (Å²) in [6.07, 6.45) is -0.168. The molecule has 0 aromatic heterocycles. The molecule has 0 fully saturated rings. The highest BCUT2D eigenvalue weighted by Crippen LogP contribution is 2.09. The lowest BCUT2D eigenvalue weighted by atomic mass is 10.1. The number of ether oxygens (including phenoxy) is 3. The Morgan fingerprint density at radius 2 is 1.65 bits per heavy atom. The van der Waals surface area contributed by atoms with Gasteiger partial charge in [0.2, 0.25) is 0 Å². The van der Waals surface area contributed by atoms with Crippen LogP contribution in [-0.2, 0) is 30.4 Å². The van der Waals surface area contributed by atoms with Crippen molar-refractivity contribution in [2.45, 2.75) is 65.2 Å². The molecule has 0 saturated carbocycles. The molecule has 0 bridgehead atoms. The first-order chi connectivity index (χ1) is 14.6. The summed E-state index contributed by atoms with van der Waals surface area (Å²) in [4.78, 5) is 47.8. The normalized spacial score (nSPS) is 11.7. The number of amides is 2. The number of hydrogen-bond acceptors (Lipinski definition) is 7. The molecule has 172 valence electrons. The van der Waals surface area contributed by atoms with E-state index >= 15 is 0 Å². The summed E-state index contributed by atoms with van der Waals surface area (Å²) < 4.78 is 15.0. The largest absolute Gasteiger partial charge is 0.460 e. The highest BCUT2D eigenvalue weighted by atomic mass is 16.6. The van der Waals surface area contributed by atoms with Crippen molar-refractivity contribution in [3.8, 4) is 0 Å². The van der Waals surface area contributed by atoms with Crippen LogP contribution in [0, 0.1) is 0 Å². The molecule has 2 amide bonds. The number of hydrogen-bond donors (Lipinski definition) is 2. The standard InChI is InChI=1S/C22H32N2O7/c1-5-29-19(26)18(25)17(24-21(28)31-22(2,3)4)13-9-10-14-23-20(27)30-15-16-11-7-6-8-12-16/h6-8,11-12,17H,5,9-10,13-15H2,1-4H3,(H,23,27)(H,24,28). The van der Waals surface area contributed by atoms with Crippen molar-refractivity contribution in [3.05, 3.63) is 35.9 Å². The molecular weight excluding hydrogens is 404 g/mol. The summed E-state index contributed by atoms with van der Waals surface area (Å²) in [6.45, 7) is 7.21. The fraction of sp³-hybridized carbons (Fsp3) is 0.545. The minimum absolute atomic E-state index is 0.0543. The van der Waals surface area contributed by atoms with Crippen LogP contribution in [0.1, 0.15) is 52.5 Å². The van der Waals surface area contributed by atoms with Crippen molar-refractivity contribution in [1.29, 1.82) is 0 Å². The van der Waals surface area contributed by atoms with E-state index in [2.05, 4.69) is 10.6 Å². The molecule has 1 atom stereocenters. The number of nitrogens with one attached hydrogen (secondary N) is 2. The summed E-state index contributed by atoms with van der Waals surface area (Å²) in [7, 11) is 0. The minimum atomic E-state index is -1.07. The Hall–Kier alpha value is -3.10. The van der Waals surface area contributed by atoms with Gasteiger partial charge >= 0.3 is 18.2 Å². The third kappa shape index (κ3) is 11.6. The van der Waals surface area contributed by atoms with Crippen LogP contribution in [0.4, 0.5) is 9.59 Å². The van der Waals surface area contributed by atoms with E-state index in [9.17, 15) is 19.2 Å². The van der Waals surface area contributed by atoms with Gasteiger partial charge < -0.3 is 24.8 Å². The number of rotatable bonds is 11. The molecule has 0 aliphatic rings. The second-order valence-corrected chi connectivity index (χ2v) is 7.77. The van der Waals surface area contributed by atoms with Crippen LogP contribution in [0.3, 0.4) is 0 Å². The third-order valence-corrected chi connectivity index (χ3v) is 3.89. The lowest BCUT2D eigenvalue weighted by molar-refractivity contribution is -0.154. The Labute approximate surface area is 182 Å². The van der Waals surface area contributed by atoms with Crippen molar-refractivity contribution in [2.75, 3.05) is 13.2 Å². The van der Waals surface area contributed by atoms with Gasteiger partial charge in [-0.05, 0) is 52.5 Å². The van der Waals surface area contributed by atoms with Gasteiger partial charge in [-0.25, -0.2) is 14.4 Å². The number of carbonyl (C=O) groups excluding carboxylic acids is 4. The Morgan fingerprint density at radius 3 is 2.26 bits per heavy atom. The summed E-state index contributed by atoms with van der Waals surface area (Å²) in [6, 6.07) is 8.23. The van der Waals surface area contributed by atoms with Gasteiger partial charge in [0.05, 0.1) is 6.61 Å². The van der Waals surface area contributed by atoms with Crippen LogP contribution in [0.2, 0.25) is 0 Å². The summed E-state index contributed by atoms with van der Waals surface area (Å²) in [5, 5.41) is 5.05. The first kappa shape index (κ1) is 25.9. The molecule has 9 heteroatoms. The van der Waals surface area contributed by atoms with Crippen molar-refractivity contribution in [1.82, 2.24) is 10.6 Å². The maximum absolute atomic E-state index is 12.3. The van der Waals surface area contributed by atoms with Gasteiger partial charge in [-0.15, -0.1) is 0 Å². The molecule has 1 unspecified atom stereocenters. The van der Waals surface area contributed by atoms with E-state index in [0.29, 0.717) is 19.4 Å². The Balaban J connectivity index is 2.42. The van der Waals surface area contributed by atoms with Gasteiger partial charge in [0, 0.05) is 6.54 Å². The lowest BCUT2D eigenvalue weighted by Crippen LogP contribution is -2.46. The molecule has 0 aliphatic heterocycles. The highest BCUT2D eigenvalue weighted by molar-refractivity contribution is 6.36. The van der Waals surface area contributed by atoms with Gasteiger partial charge in [-0.2, -0.15) is 0 Å². The van der Waals surface area contributed by atoms with E-state index in [1.807, 2.05) is 30.3 Å². The average Bonchev–Trinajstić information content (AvgIpc) is 2.70. The maximum atomic E-state index is 12.3. The van der Waals surface area contributed by atoms with E-state index in [1.54, 1.807) is 27.7 Å². The van der Waals surface area contributed by atoms with Crippen LogP contribution in [0.15, 0.2) is 30.3 Å². The summed E-state index contributed by atoms with van der Waals surface area (Å²) in [5.41, 5.74) is 0.136. The van der Waals surface area contributed by atoms with Gasteiger partial charge in [-0.3, -0.25) is 4.79 Å². The number of carbonyl (C=O) groups is 4. The fourth-order valence-electron chi connectivity index (χ4n) is 2.50. The van der Waals surface area contributed by atoms with Gasteiger partial charge in [0.25, 0.3) is 5.78 Å². The molecule has 1 rings (SSSR count). The Kier molecular flexibility index (Phi) is 11.1. The average molecular weight is 437 g/mol. The van der Waals surface area contributed by atoms with E-state index in [0.717, 1.165) is 5.56 Å². The molecule has 9 nitrogen and oxygen atoms in total. The van der Waals surface area contributed by atoms with E-state index < -0.39 is 35.6 Å². The monoisotopic (exact) mass is 436 g/mol. The number of esters is 1. The van der Waals surface area contributed by atoms with Crippen LogP contribution in [-0.4, -0.2) is 48.7 Å². The van der Waals surface area contributed by atoms with Gasteiger partial charge in [-0.1, -0.05) is 30.3 Å². The van der Waals surface area contributed by atoms with Crippen molar-refractivity contribution in [2.24, 2.45) is 0 Å². The van der Waals surface area contributed by atoms with Crippen LogP contribution >= 0.6 is 0 Å². The zero-order valence-corrected chi connectivity index (χ0v) is 18.6. The predicted octanol–water partition coefficient (Wildman–Crippen LogP) is 3.11. The lowest BCUT2D eigenvalue weighted by Gasteiger charge is -2.22. The second-order valence-electron chi connectivity index (χ2n) is 7.77. The molecule has 0 aliphatic carbocycles. The molecule has 1 aromatic rings. The quantitative estimate of drug-likeness (QED) is 0.237. The third-order valence-electron chi connectivity index (χ3n) is 3.89. The number of benzene rings is 1. The molecule has 0 spiro atoms. The summed E-state index contributed by atoms with van der Waals surface area (Å²) in [5.74, 6) is -1.85. The zero-order valence-electron chi connectivity index (χ0n) is 18.6. The molecule has 1 aromatic carbocycles. The molecule has 0 saturated heterocycles. The van der Waals surface area contributed by atoms with Crippen LogP contribution < -0.4 is 10.6 Å². The number of alkyl carbamates (subject to hydrolysis) is 2. The molecule has 31 heavy (non-hydrogen) atoms. The van der Waals surface area contributed by atoms with E-state index in [4.69, 9.17) is 14.2 Å². The molecular formula is C22H32N2O7.